The minimum atomic E-state index is 0.530. The molecule has 2 aliphatic rings. The standard InChI is InChI=1S/C16H33N3/c1-4-16(9-7-10-17-13-16)14-18(3)12-15-8-6-11-19(15)5-2/h15,17H,4-14H2,1-3H3. The number of hydrogen-bond donors (Lipinski definition) is 1. The molecule has 0 spiro atoms. The van der Waals surface area contributed by atoms with Gasteiger partial charge in [-0.2, -0.15) is 0 Å². The Morgan fingerprint density at radius 2 is 2.16 bits per heavy atom. The molecule has 0 aliphatic carbocycles. The molecule has 1 N–H and O–H groups in total. The van der Waals surface area contributed by atoms with Crippen molar-refractivity contribution in [1.29, 1.82) is 0 Å². The van der Waals surface area contributed by atoms with Gasteiger partial charge in [-0.15, -0.1) is 0 Å². The van der Waals surface area contributed by atoms with E-state index in [9.17, 15) is 0 Å². The number of hydrogen-bond acceptors (Lipinski definition) is 3. The summed E-state index contributed by atoms with van der Waals surface area (Å²) < 4.78 is 0. The quantitative estimate of drug-likeness (QED) is 0.796. The van der Waals surface area contributed by atoms with Crippen molar-refractivity contribution in [3.05, 3.63) is 0 Å². The second-order valence-corrected chi connectivity index (χ2v) is 6.76. The fourth-order valence-corrected chi connectivity index (χ4v) is 4.09. The van der Waals surface area contributed by atoms with Crippen LogP contribution in [0.1, 0.15) is 46.0 Å². The van der Waals surface area contributed by atoms with Crippen LogP contribution in [-0.2, 0) is 0 Å². The van der Waals surface area contributed by atoms with E-state index in [-0.39, 0.29) is 0 Å². The Kier molecular flexibility index (Phi) is 5.67. The van der Waals surface area contributed by atoms with Crippen LogP contribution in [0, 0.1) is 5.41 Å². The predicted octanol–water partition coefficient (Wildman–Crippen LogP) is 2.18. The Bertz CT molecular complexity index is 261. The molecule has 2 fully saturated rings. The van der Waals surface area contributed by atoms with Gasteiger partial charge in [0.25, 0.3) is 0 Å². The first-order valence-corrected chi connectivity index (χ1v) is 8.32. The lowest BCUT2D eigenvalue weighted by atomic mass is 9.78. The highest BCUT2D eigenvalue weighted by Crippen LogP contribution is 2.31. The number of piperidine rings is 1. The van der Waals surface area contributed by atoms with Gasteiger partial charge < -0.3 is 10.2 Å². The molecule has 112 valence electrons. The molecule has 0 radical (unpaired) electrons. The smallest absolute Gasteiger partial charge is 0.0223 e. The van der Waals surface area contributed by atoms with Gasteiger partial charge in [0.05, 0.1) is 0 Å². The largest absolute Gasteiger partial charge is 0.316 e. The third kappa shape index (κ3) is 3.93. The highest BCUT2D eigenvalue weighted by molar-refractivity contribution is 4.88. The minimum absolute atomic E-state index is 0.530. The lowest BCUT2D eigenvalue weighted by Crippen LogP contribution is -2.48. The van der Waals surface area contributed by atoms with Gasteiger partial charge in [-0.25, -0.2) is 0 Å². The van der Waals surface area contributed by atoms with Gasteiger partial charge in [-0.05, 0) is 64.2 Å². The first kappa shape index (κ1) is 15.3. The van der Waals surface area contributed by atoms with Crippen LogP contribution in [0.5, 0.6) is 0 Å². The SMILES string of the molecule is CCN1CCCC1CN(C)CC1(CC)CCCNC1. The second kappa shape index (κ2) is 7.05. The summed E-state index contributed by atoms with van der Waals surface area (Å²) in [4.78, 5) is 5.27. The highest BCUT2D eigenvalue weighted by Gasteiger charge is 2.32. The fraction of sp³-hybridized carbons (Fsp3) is 1.00. The van der Waals surface area contributed by atoms with Crippen molar-refractivity contribution >= 4 is 0 Å². The molecule has 2 rings (SSSR count). The molecule has 2 saturated heterocycles. The minimum Gasteiger partial charge on any atom is -0.316 e. The van der Waals surface area contributed by atoms with Crippen molar-refractivity contribution in [1.82, 2.24) is 15.1 Å². The van der Waals surface area contributed by atoms with Gasteiger partial charge in [0.15, 0.2) is 0 Å². The molecule has 2 unspecified atom stereocenters. The van der Waals surface area contributed by atoms with Crippen LogP contribution < -0.4 is 5.32 Å². The highest BCUT2D eigenvalue weighted by atomic mass is 15.2. The molecule has 3 nitrogen and oxygen atoms in total. The maximum Gasteiger partial charge on any atom is 0.0223 e. The Balaban J connectivity index is 1.83. The zero-order chi connectivity index (χ0) is 13.7. The van der Waals surface area contributed by atoms with Gasteiger partial charge >= 0.3 is 0 Å². The Morgan fingerprint density at radius 1 is 1.32 bits per heavy atom. The third-order valence-electron chi connectivity index (χ3n) is 5.34. The molecule has 2 atom stereocenters. The van der Waals surface area contributed by atoms with Crippen molar-refractivity contribution in [3.8, 4) is 0 Å². The molecule has 0 bridgehead atoms. The van der Waals surface area contributed by atoms with Crippen LogP contribution in [0.15, 0.2) is 0 Å². The summed E-state index contributed by atoms with van der Waals surface area (Å²) in [5.41, 5.74) is 0.530. The van der Waals surface area contributed by atoms with E-state index < -0.39 is 0 Å². The Morgan fingerprint density at radius 3 is 2.79 bits per heavy atom. The summed E-state index contributed by atoms with van der Waals surface area (Å²) in [5, 5.41) is 3.61. The van der Waals surface area contributed by atoms with Crippen molar-refractivity contribution in [3.63, 3.8) is 0 Å². The van der Waals surface area contributed by atoms with E-state index in [1.165, 1.54) is 71.4 Å². The summed E-state index contributed by atoms with van der Waals surface area (Å²) in [6, 6.07) is 0.806. The van der Waals surface area contributed by atoms with Crippen molar-refractivity contribution in [2.24, 2.45) is 5.41 Å². The Hall–Kier alpha value is -0.120. The third-order valence-corrected chi connectivity index (χ3v) is 5.34. The molecule has 0 saturated carbocycles. The van der Waals surface area contributed by atoms with Gasteiger partial charge in [-0.1, -0.05) is 13.8 Å². The van der Waals surface area contributed by atoms with Crippen LogP contribution in [-0.4, -0.2) is 62.2 Å². The van der Waals surface area contributed by atoms with E-state index in [4.69, 9.17) is 0 Å². The summed E-state index contributed by atoms with van der Waals surface area (Å²) in [7, 11) is 2.33. The summed E-state index contributed by atoms with van der Waals surface area (Å²) in [5.74, 6) is 0. The van der Waals surface area contributed by atoms with Crippen molar-refractivity contribution in [2.75, 3.05) is 46.3 Å². The number of nitrogens with one attached hydrogen (secondary N) is 1. The first-order valence-electron chi connectivity index (χ1n) is 8.32. The van der Waals surface area contributed by atoms with E-state index in [0.717, 1.165) is 6.04 Å². The lowest BCUT2D eigenvalue weighted by molar-refractivity contribution is 0.108. The zero-order valence-electron chi connectivity index (χ0n) is 13.2. The van der Waals surface area contributed by atoms with Gasteiger partial charge in [0.1, 0.15) is 0 Å². The average Bonchev–Trinajstić information content (AvgIpc) is 2.86. The number of likely N-dealkylation sites (tertiary alicyclic amines) is 1. The van der Waals surface area contributed by atoms with Crippen molar-refractivity contribution < 1.29 is 0 Å². The van der Waals surface area contributed by atoms with Crippen molar-refractivity contribution in [2.45, 2.75) is 52.0 Å². The normalized spacial score (nSPS) is 33.2. The summed E-state index contributed by atoms with van der Waals surface area (Å²) in [6.45, 7) is 12.2. The maximum absolute atomic E-state index is 3.61. The molecule has 2 heterocycles. The molecular formula is C16H33N3. The zero-order valence-corrected chi connectivity index (χ0v) is 13.2. The summed E-state index contributed by atoms with van der Waals surface area (Å²) in [6.07, 6.45) is 6.87. The van der Waals surface area contributed by atoms with E-state index in [2.05, 4.69) is 36.0 Å². The number of nitrogens with zero attached hydrogens (tertiary/aromatic N) is 2. The molecule has 0 aromatic carbocycles. The van der Waals surface area contributed by atoms with E-state index in [1.807, 2.05) is 0 Å². The fourth-order valence-electron chi connectivity index (χ4n) is 4.09. The molecule has 19 heavy (non-hydrogen) atoms. The van der Waals surface area contributed by atoms with Crippen LogP contribution in [0.3, 0.4) is 0 Å². The average molecular weight is 267 g/mol. The maximum atomic E-state index is 3.61. The molecule has 0 amide bonds. The summed E-state index contributed by atoms with van der Waals surface area (Å²) >= 11 is 0. The molecule has 0 aromatic rings. The van der Waals surface area contributed by atoms with Crippen LogP contribution >= 0.6 is 0 Å². The van der Waals surface area contributed by atoms with Crippen LogP contribution in [0.4, 0.5) is 0 Å². The van der Waals surface area contributed by atoms with Gasteiger partial charge in [0.2, 0.25) is 0 Å². The van der Waals surface area contributed by atoms with Gasteiger partial charge in [0, 0.05) is 25.7 Å². The Labute approximate surface area is 119 Å². The number of rotatable bonds is 6. The molecule has 2 aliphatic heterocycles. The van der Waals surface area contributed by atoms with Crippen LogP contribution in [0.2, 0.25) is 0 Å². The first-order chi connectivity index (χ1) is 9.19. The second-order valence-electron chi connectivity index (χ2n) is 6.76. The number of likely N-dealkylation sites (N-methyl/N-ethyl adjacent to an activating group) is 2. The van der Waals surface area contributed by atoms with E-state index >= 15 is 0 Å². The molecular weight excluding hydrogens is 234 g/mol. The monoisotopic (exact) mass is 267 g/mol. The van der Waals surface area contributed by atoms with Crippen LogP contribution in [0.25, 0.3) is 0 Å². The predicted molar refractivity (Wildman–Crippen MR) is 82.6 cm³/mol. The van der Waals surface area contributed by atoms with E-state index in [0.29, 0.717) is 5.41 Å². The lowest BCUT2D eigenvalue weighted by Gasteiger charge is -2.41. The van der Waals surface area contributed by atoms with Gasteiger partial charge in [-0.3, -0.25) is 4.90 Å². The topological polar surface area (TPSA) is 18.5 Å². The van der Waals surface area contributed by atoms with E-state index in [1.54, 1.807) is 0 Å². The molecule has 0 aromatic heterocycles. The molecule has 3 heteroatoms.